The lowest BCUT2D eigenvalue weighted by molar-refractivity contribution is 0.122. The van der Waals surface area contributed by atoms with E-state index in [1.54, 1.807) is 13.1 Å². The molecule has 1 aromatic rings. The van der Waals surface area contributed by atoms with Crippen molar-refractivity contribution in [3.63, 3.8) is 0 Å². The minimum absolute atomic E-state index is 0.0863. The van der Waals surface area contributed by atoms with E-state index in [1.165, 1.54) is 9.71 Å². The molecule has 1 saturated heterocycles. The van der Waals surface area contributed by atoms with Crippen molar-refractivity contribution < 1.29 is 8.42 Å². The van der Waals surface area contributed by atoms with Crippen LogP contribution in [0.5, 0.6) is 0 Å². The average Bonchev–Trinajstić information content (AvgIpc) is 2.53. The van der Waals surface area contributed by atoms with Gasteiger partial charge in [-0.05, 0) is 44.5 Å². The Morgan fingerprint density at radius 1 is 1.32 bits per heavy atom. The maximum atomic E-state index is 12.5. The number of piperidine rings is 1. The topological polar surface area (TPSA) is 40.6 Å². The molecule has 1 aromatic carbocycles. The monoisotopic (exact) mass is 322 g/mol. The number of benzene rings is 1. The van der Waals surface area contributed by atoms with Crippen LogP contribution in [0.4, 0.5) is 0 Å². The fourth-order valence-corrected chi connectivity index (χ4v) is 4.16. The summed E-state index contributed by atoms with van der Waals surface area (Å²) in [6.07, 6.45) is 3.45. The molecule has 22 heavy (non-hydrogen) atoms. The van der Waals surface area contributed by atoms with Crippen LogP contribution in [0.3, 0.4) is 0 Å². The molecule has 0 spiro atoms. The van der Waals surface area contributed by atoms with Crippen LogP contribution in [0.25, 0.3) is 6.08 Å². The van der Waals surface area contributed by atoms with Crippen molar-refractivity contribution in [2.24, 2.45) is 0 Å². The van der Waals surface area contributed by atoms with Crippen molar-refractivity contribution in [3.8, 4) is 0 Å². The summed E-state index contributed by atoms with van der Waals surface area (Å²) in [7, 11) is -1.67. The standard InChI is InChI=1S/C17H26N2O2S/c1-4-19-12-10-17(14-15(19)2)18(3)22(20,21)13-11-16-8-6-5-7-9-16/h5-9,11,13,15,17H,4,10,12,14H2,1-3H3. The van der Waals surface area contributed by atoms with Gasteiger partial charge in [-0.2, -0.15) is 4.31 Å². The maximum Gasteiger partial charge on any atom is 0.236 e. The van der Waals surface area contributed by atoms with Gasteiger partial charge in [-0.1, -0.05) is 37.3 Å². The van der Waals surface area contributed by atoms with Crippen LogP contribution in [0.1, 0.15) is 32.3 Å². The molecule has 2 atom stereocenters. The van der Waals surface area contributed by atoms with Gasteiger partial charge in [0.25, 0.3) is 0 Å². The Labute approximate surface area is 134 Å². The van der Waals surface area contributed by atoms with Crippen molar-refractivity contribution in [1.82, 2.24) is 9.21 Å². The minimum Gasteiger partial charge on any atom is -0.301 e. The van der Waals surface area contributed by atoms with E-state index >= 15 is 0 Å². The van der Waals surface area contributed by atoms with Crippen LogP contribution in [0.2, 0.25) is 0 Å². The van der Waals surface area contributed by atoms with E-state index in [-0.39, 0.29) is 6.04 Å². The summed E-state index contributed by atoms with van der Waals surface area (Å²) in [4.78, 5) is 2.40. The quantitative estimate of drug-likeness (QED) is 0.837. The molecule has 0 radical (unpaired) electrons. The second kappa shape index (κ2) is 7.40. The predicted octanol–water partition coefficient (Wildman–Crippen LogP) is 2.79. The van der Waals surface area contributed by atoms with Gasteiger partial charge in [0.05, 0.1) is 0 Å². The Bertz CT molecular complexity index is 598. The number of nitrogens with zero attached hydrogens (tertiary/aromatic N) is 2. The molecule has 0 aliphatic carbocycles. The number of likely N-dealkylation sites (tertiary alicyclic amines) is 1. The lowest BCUT2D eigenvalue weighted by Gasteiger charge is -2.39. The molecule has 1 fully saturated rings. The van der Waals surface area contributed by atoms with E-state index in [1.807, 2.05) is 30.3 Å². The van der Waals surface area contributed by atoms with Gasteiger partial charge >= 0.3 is 0 Å². The molecule has 0 amide bonds. The van der Waals surface area contributed by atoms with E-state index in [9.17, 15) is 8.42 Å². The lowest BCUT2D eigenvalue weighted by atomic mass is 9.99. The zero-order valence-electron chi connectivity index (χ0n) is 13.6. The fraction of sp³-hybridized carbons (Fsp3) is 0.529. The second-order valence-corrected chi connectivity index (χ2v) is 7.81. The molecule has 4 nitrogen and oxygen atoms in total. The summed E-state index contributed by atoms with van der Waals surface area (Å²) in [5.41, 5.74) is 0.897. The van der Waals surface area contributed by atoms with Crippen molar-refractivity contribution in [3.05, 3.63) is 41.3 Å². The Hall–Kier alpha value is -1.17. The highest BCUT2D eigenvalue weighted by Crippen LogP contribution is 2.23. The maximum absolute atomic E-state index is 12.5. The van der Waals surface area contributed by atoms with Gasteiger partial charge in [-0.15, -0.1) is 0 Å². The van der Waals surface area contributed by atoms with Crippen LogP contribution in [0, 0.1) is 0 Å². The van der Waals surface area contributed by atoms with E-state index < -0.39 is 10.0 Å². The molecular formula is C17H26N2O2S. The number of rotatable bonds is 5. The van der Waals surface area contributed by atoms with Crippen molar-refractivity contribution in [2.75, 3.05) is 20.1 Å². The van der Waals surface area contributed by atoms with Crippen molar-refractivity contribution in [2.45, 2.75) is 38.8 Å². The van der Waals surface area contributed by atoms with Crippen molar-refractivity contribution >= 4 is 16.1 Å². The highest BCUT2D eigenvalue weighted by molar-refractivity contribution is 7.92. The molecule has 1 aliphatic rings. The van der Waals surface area contributed by atoms with Crippen LogP contribution in [-0.4, -0.2) is 49.8 Å². The van der Waals surface area contributed by atoms with Crippen LogP contribution in [0.15, 0.2) is 35.7 Å². The van der Waals surface area contributed by atoms with Crippen LogP contribution < -0.4 is 0 Å². The first-order valence-electron chi connectivity index (χ1n) is 7.89. The molecule has 1 aliphatic heterocycles. The zero-order valence-corrected chi connectivity index (χ0v) is 14.5. The highest BCUT2D eigenvalue weighted by atomic mass is 32.2. The zero-order chi connectivity index (χ0) is 16.2. The van der Waals surface area contributed by atoms with Crippen LogP contribution >= 0.6 is 0 Å². The summed E-state index contributed by atoms with van der Waals surface area (Å²) in [5.74, 6) is 0. The van der Waals surface area contributed by atoms with Gasteiger partial charge < -0.3 is 4.90 Å². The molecule has 0 saturated carbocycles. The Kier molecular flexibility index (Phi) is 5.78. The second-order valence-electron chi connectivity index (χ2n) is 5.93. The summed E-state index contributed by atoms with van der Waals surface area (Å²) in [5, 5.41) is 1.32. The van der Waals surface area contributed by atoms with Gasteiger partial charge in [-0.25, -0.2) is 8.42 Å². The van der Waals surface area contributed by atoms with E-state index in [2.05, 4.69) is 18.7 Å². The molecule has 2 unspecified atom stereocenters. The molecule has 0 N–H and O–H groups in total. The average molecular weight is 322 g/mol. The van der Waals surface area contributed by atoms with Gasteiger partial charge in [0, 0.05) is 24.5 Å². The largest absolute Gasteiger partial charge is 0.301 e. The molecule has 2 rings (SSSR count). The van der Waals surface area contributed by atoms with E-state index in [4.69, 9.17) is 0 Å². The van der Waals surface area contributed by atoms with Crippen molar-refractivity contribution in [1.29, 1.82) is 0 Å². The third kappa shape index (κ3) is 4.18. The van der Waals surface area contributed by atoms with E-state index in [0.717, 1.165) is 31.5 Å². The van der Waals surface area contributed by atoms with Gasteiger partial charge in [0.15, 0.2) is 0 Å². The summed E-state index contributed by atoms with van der Waals surface area (Å²) in [6.45, 7) is 6.32. The molecule has 122 valence electrons. The summed E-state index contributed by atoms with van der Waals surface area (Å²) >= 11 is 0. The third-order valence-corrected chi connectivity index (χ3v) is 6.12. The first-order chi connectivity index (χ1) is 10.4. The number of hydrogen-bond donors (Lipinski definition) is 0. The van der Waals surface area contributed by atoms with Crippen LogP contribution in [-0.2, 0) is 10.0 Å². The third-order valence-electron chi connectivity index (χ3n) is 4.54. The number of sulfonamides is 1. The first-order valence-corrected chi connectivity index (χ1v) is 9.39. The summed E-state index contributed by atoms with van der Waals surface area (Å²) in [6, 6.07) is 10.0. The summed E-state index contributed by atoms with van der Waals surface area (Å²) < 4.78 is 26.5. The fourth-order valence-electron chi connectivity index (χ4n) is 3.03. The highest BCUT2D eigenvalue weighted by Gasteiger charge is 2.31. The molecular weight excluding hydrogens is 296 g/mol. The number of hydrogen-bond acceptors (Lipinski definition) is 3. The van der Waals surface area contributed by atoms with E-state index in [0.29, 0.717) is 6.04 Å². The lowest BCUT2D eigenvalue weighted by Crippen LogP contribution is -2.48. The predicted molar refractivity (Wildman–Crippen MR) is 91.9 cm³/mol. The first kappa shape index (κ1) is 17.2. The van der Waals surface area contributed by atoms with Gasteiger partial charge in [0.2, 0.25) is 10.0 Å². The minimum atomic E-state index is -3.37. The molecule has 0 aromatic heterocycles. The molecule has 0 bridgehead atoms. The molecule has 1 heterocycles. The smallest absolute Gasteiger partial charge is 0.236 e. The van der Waals surface area contributed by atoms with Gasteiger partial charge in [-0.3, -0.25) is 0 Å². The van der Waals surface area contributed by atoms with Gasteiger partial charge in [0.1, 0.15) is 0 Å². The normalized spacial score (nSPS) is 24.2. The Balaban J connectivity index is 2.05. The Morgan fingerprint density at radius 3 is 2.59 bits per heavy atom. The SMILES string of the molecule is CCN1CCC(N(C)S(=O)(=O)C=Cc2ccccc2)CC1C. The Morgan fingerprint density at radius 2 is 2.00 bits per heavy atom. The molecule has 5 heteroatoms.